The van der Waals surface area contributed by atoms with Crippen LogP contribution in [0, 0.1) is 0 Å². The van der Waals surface area contributed by atoms with E-state index in [0.29, 0.717) is 11.6 Å². The normalized spacial score (nSPS) is 27.1. The largest absolute Gasteiger partial charge is 0.381 e. The van der Waals surface area contributed by atoms with Crippen molar-refractivity contribution in [2.45, 2.75) is 50.2 Å². The molecule has 0 aromatic rings. The second-order valence-corrected chi connectivity index (χ2v) is 6.83. The number of ether oxygens (including phenoxy) is 1. The predicted octanol–water partition coefficient (Wildman–Crippen LogP) is 1.30. The molecule has 5 nitrogen and oxygen atoms in total. The first-order valence-corrected chi connectivity index (χ1v) is 8.51. The number of methoxy groups -OCH3 is 1. The highest BCUT2D eigenvalue weighted by atomic mass is 16.5. The van der Waals surface area contributed by atoms with E-state index in [9.17, 15) is 0 Å². The molecule has 1 aliphatic carbocycles. The molecule has 1 saturated carbocycles. The van der Waals surface area contributed by atoms with Crippen LogP contribution in [0.5, 0.6) is 0 Å². The average molecular weight is 294 g/mol. The van der Waals surface area contributed by atoms with Crippen LogP contribution < -0.4 is 5.32 Å². The lowest BCUT2D eigenvalue weighted by Crippen LogP contribution is -2.57. The van der Waals surface area contributed by atoms with E-state index in [-0.39, 0.29) is 0 Å². The summed E-state index contributed by atoms with van der Waals surface area (Å²) in [5.74, 6) is 1.09. The van der Waals surface area contributed by atoms with Gasteiger partial charge in [-0.05, 0) is 25.7 Å². The third-order valence-corrected chi connectivity index (χ3v) is 5.61. The molecule has 0 atom stereocenters. The highest BCUT2D eigenvalue weighted by Gasteiger charge is 2.41. The summed E-state index contributed by atoms with van der Waals surface area (Å²) in [4.78, 5) is 9.54. The fourth-order valence-corrected chi connectivity index (χ4v) is 4.17. The first-order chi connectivity index (χ1) is 10.2. The molecule has 0 amide bonds. The maximum atomic E-state index is 5.52. The number of nitrogens with zero attached hydrogens (tertiary/aromatic N) is 3. The first kappa shape index (κ1) is 15.1. The zero-order valence-electron chi connectivity index (χ0n) is 13.6. The SMILES string of the molecule is COC1CCN(C2(CNC3=NCCN3C)CCCC2)CC1. The highest BCUT2D eigenvalue weighted by molar-refractivity contribution is 5.81. The first-order valence-electron chi connectivity index (χ1n) is 8.51. The van der Waals surface area contributed by atoms with Crippen molar-refractivity contribution in [3.8, 4) is 0 Å². The van der Waals surface area contributed by atoms with Gasteiger partial charge in [0.2, 0.25) is 0 Å². The zero-order chi connectivity index (χ0) is 14.7. The molecule has 3 aliphatic rings. The van der Waals surface area contributed by atoms with Gasteiger partial charge in [0.1, 0.15) is 0 Å². The van der Waals surface area contributed by atoms with Crippen molar-refractivity contribution in [3.05, 3.63) is 0 Å². The van der Waals surface area contributed by atoms with E-state index in [1.54, 1.807) is 0 Å². The van der Waals surface area contributed by atoms with Gasteiger partial charge >= 0.3 is 0 Å². The minimum atomic E-state index is 0.352. The molecule has 0 spiro atoms. The summed E-state index contributed by atoms with van der Waals surface area (Å²) >= 11 is 0. The number of hydrogen-bond acceptors (Lipinski definition) is 5. The number of likely N-dealkylation sites (N-methyl/N-ethyl adjacent to an activating group) is 1. The second-order valence-electron chi connectivity index (χ2n) is 6.83. The van der Waals surface area contributed by atoms with Crippen molar-refractivity contribution in [2.24, 2.45) is 4.99 Å². The number of likely N-dealkylation sites (tertiary alicyclic amines) is 1. The maximum absolute atomic E-state index is 5.52. The molecule has 2 fully saturated rings. The van der Waals surface area contributed by atoms with E-state index in [1.165, 1.54) is 51.6 Å². The molecule has 21 heavy (non-hydrogen) atoms. The highest BCUT2D eigenvalue weighted by Crippen LogP contribution is 2.36. The van der Waals surface area contributed by atoms with Gasteiger partial charge < -0.3 is 15.0 Å². The van der Waals surface area contributed by atoms with Crippen LogP contribution in [0.25, 0.3) is 0 Å². The molecule has 0 bridgehead atoms. The van der Waals surface area contributed by atoms with Gasteiger partial charge in [0.25, 0.3) is 0 Å². The quantitative estimate of drug-likeness (QED) is 0.848. The number of rotatable bonds is 4. The minimum Gasteiger partial charge on any atom is -0.381 e. The van der Waals surface area contributed by atoms with Crippen LogP contribution in [0.2, 0.25) is 0 Å². The van der Waals surface area contributed by atoms with Crippen molar-refractivity contribution in [1.82, 2.24) is 15.1 Å². The van der Waals surface area contributed by atoms with Crippen LogP contribution in [0.3, 0.4) is 0 Å². The van der Waals surface area contributed by atoms with E-state index >= 15 is 0 Å². The van der Waals surface area contributed by atoms with Gasteiger partial charge in [-0.15, -0.1) is 0 Å². The van der Waals surface area contributed by atoms with Gasteiger partial charge in [0.05, 0.1) is 12.6 Å². The van der Waals surface area contributed by atoms with Crippen LogP contribution in [0.1, 0.15) is 38.5 Å². The summed E-state index contributed by atoms with van der Waals surface area (Å²) in [6, 6.07) is 0. The minimum absolute atomic E-state index is 0.352. The topological polar surface area (TPSA) is 40.1 Å². The Morgan fingerprint density at radius 2 is 1.95 bits per heavy atom. The number of nitrogens with one attached hydrogen (secondary N) is 1. The van der Waals surface area contributed by atoms with E-state index in [0.717, 1.165) is 25.6 Å². The molecule has 0 radical (unpaired) electrons. The standard InChI is InChI=1S/C16H30N4O/c1-19-12-9-17-15(19)18-13-16(7-3-4-8-16)20-10-5-14(21-2)6-11-20/h14H,3-13H2,1-2H3,(H,17,18). The summed E-state index contributed by atoms with van der Waals surface area (Å²) in [6.45, 7) is 5.40. The van der Waals surface area contributed by atoms with Gasteiger partial charge in [-0.25, -0.2) is 0 Å². The number of piperidine rings is 1. The molecule has 2 heterocycles. The fraction of sp³-hybridized carbons (Fsp3) is 0.938. The van der Waals surface area contributed by atoms with E-state index in [4.69, 9.17) is 4.74 Å². The zero-order valence-corrected chi connectivity index (χ0v) is 13.6. The van der Waals surface area contributed by atoms with Gasteiger partial charge in [-0.2, -0.15) is 0 Å². The van der Waals surface area contributed by atoms with Crippen molar-refractivity contribution in [3.63, 3.8) is 0 Å². The third-order valence-electron chi connectivity index (χ3n) is 5.61. The molecule has 120 valence electrons. The van der Waals surface area contributed by atoms with Crippen molar-refractivity contribution in [1.29, 1.82) is 0 Å². The Bertz CT molecular complexity index is 370. The van der Waals surface area contributed by atoms with Crippen LogP contribution in [-0.2, 0) is 4.74 Å². The number of guanidine groups is 1. The Morgan fingerprint density at radius 1 is 1.24 bits per heavy atom. The Hall–Kier alpha value is -0.810. The second kappa shape index (κ2) is 6.53. The molecule has 0 unspecified atom stereocenters. The molecule has 1 N–H and O–H groups in total. The van der Waals surface area contributed by atoms with Crippen LogP contribution in [0.4, 0.5) is 0 Å². The summed E-state index contributed by atoms with van der Waals surface area (Å²) in [7, 11) is 3.98. The van der Waals surface area contributed by atoms with Crippen LogP contribution in [0.15, 0.2) is 4.99 Å². The molecule has 0 aromatic carbocycles. The number of hydrogen-bond donors (Lipinski definition) is 1. The average Bonchev–Trinajstić information content (AvgIpc) is 3.15. The van der Waals surface area contributed by atoms with Crippen molar-refractivity contribution in [2.75, 3.05) is 46.9 Å². The van der Waals surface area contributed by atoms with Crippen LogP contribution in [-0.4, -0.2) is 74.3 Å². The molecule has 3 rings (SSSR count). The molecular formula is C16H30N4O. The van der Waals surface area contributed by atoms with Gasteiger partial charge in [-0.1, -0.05) is 12.8 Å². The Labute approximate surface area is 128 Å². The summed E-state index contributed by atoms with van der Waals surface area (Å²) in [6.07, 6.45) is 8.22. The molecule has 1 saturated heterocycles. The summed E-state index contributed by atoms with van der Waals surface area (Å²) < 4.78 is 5.52. The van der Waals surface area contributed by atoms with Gasteiger partial charge in [-0.3, -0.25) is 9.89 Å². The maximum Gasteiger partial charge on any atom is 0.193 e. The molecule has 5 heteroatoms. The van der Waals surface area contributed by atoms with E-state index in [1.807, 2.05) is 7.11 Å². The van der Waals surface area contributed by atoms with Gasteiger partial charge in [0.15, 0.2) is 5.96 Å². The summed E-state index contributed by atoms with van der Waals surface area (Å²) in [5.41, 5.74) is 0.352. The lowest BCUT2D eigenvalue weighted by molar-refractivity contribution is -0.00172. The van der Waals surface area contributed by atoms with Crippen LogP contribution >= 0.6 is 0 Å². The van der Waals surface area contributed by atoms with E-state index in [2.05, 4.69) is 27.2 Å². The smallest absolute Gasteiger partial charge is 0.193 e. The molecule has 0 aromatic heterocycles. The Morgan fingerprint density at radius 3 is 2.52 bits per heavy atom. The van der Waals surface area contributed by atoms with Gasteiger partial charge in [0, 0.05) is 45.9 Å². The molecule has 2 aliphatic heterocycles. The van der Waals surface area contributed by atoms with Crippen molar-refractivity contribution >= 4 is 5.96 Å². The third kappa shape index (κ3) is 3.19. The number of aliphatic imine (C=N–C) groups is 1. The lowest BCUT2D eigenvalue weighted by atomic mass is 9.91. The Balaban J connectivity index is 1.60. The fourth-order valence-electron chi connectivity index (χ4n) is 4.17. The Kier molecular flexibility index (Phi) is 4.69. The van der Waals surface area contributed by atoms with E-state index < -0.39 is 0 Å². The monoisotopic (exact) mass is 294 g/mol. The molecular weight excluding hydrogens is 264 g/mol. The predicted molar refractivity (Wildman–Crippen MR) is 85.7 cm³/mol. The summed E-state index contributed by atoms with van der Waals surface area (Å²) in [5, 5.41) is 3.64. The lowest BCUT2D eigenvalue weighted by Gasteiger charge is -2.45. The van der Waals surface area contributed by atoms with Crippen molar-refractivity contribution < 1.29 is 4.74 Å².